The Labute approximate surface area is 127 Å². The highest BCUT2D eigenvalue weighted by Crippen LogP contribution is 2.29. The molecule has 0 radical (unpaired) electrons. The second-order valence-electron chi connectivity index (χ2n) is 4.99. The summed E-state index contributed by atoms with van der Waals surface area (Å²) in [6.07, 6.45) is 0.691. The van der Waals surface area contributed by atoms with E-state index >= 15 is 0 Å². The molecule has 1 aliphatic rings. The zero-order valence-corrected chi connectivity index (χ0v) is 12.5. The van der Waals surface area contributed by atoms with Gasteiger partial charge in [-0.3, -0.25) is 4.79 Å². The number of thioether (sulfide) groups is 1. The van der Waals surface area contributed by atoms with Crippen molar-refractivity contribution in [1.29, 1.82) is 5.26 Å². The fourth-order valence-electron chi connectivity index (χ4n) is 2.59. The van der Waals surface area contributed by atoms with Crippen LogP contribution in [0.25, 0.3) is 0 Å². The predicted octanol–water partition coefficient (Wildman–Crippen LogP) is 2.24. The summed E-state index contributed by atoms with van der Waals surface area (Å²) in [5.41, 5.74) is 0.470. The molecule has 1 N–H and O–H groups in total. The first-order valence-corrected chi connectivity index (χ1v) is 7.67. The van der Waals surface area contributed by atoms with Gasteiger partial charge in [-0.25, -0.2) is 4.79 Å². The number of nitrogens with zero attached hydrogens (tertiary/aromatic N) is 2. The molecule has 1 amide bonds. The minimum Gasteiger partial charge on any atom is -0.480 e. The summed E-state index contributed by atoms with van der Waals surface area (Å²) in [6, 6.07) is 8.28. The lowest BCUT2D eigenvalue weighted by molar-refractivity contribution is -0.142. The van der Waals surface area contributed by atoms with Crippen LogP contribution in [0.3, 0.4) is 0 Å². The highest BCUT2D eigenvalue weighted by Gasteiger charge is 2.40. The Morgan fingerprint density at radius 1 is 1.48 bits per heavy atom. The van der Waals surface area contributed by atoms with Crippen molar-refractivity contribution in [3.05, 3.63) is 29.8 Å². The maximum absolute atomic E-state index is 12.7. The fraction of sp³-hybridized carbons (Fsp3) is 0.400. The van der Waals surface area contributed by atoms with Gasteiger partial charge in [0.15, 0.2) is 0 Å². The minimum absolute atomic E-state index is 0.0506. The molecule has 6 heteroatoms. The van der Waals surface area contributed by atoms with E-state index in [4.69, 9.17) is 5.26 Å². The first-order valence-electron chi connectivity index (χ1n) is 6.68. The van der Waals surface area contributed by atoms with E-state index in [0.717, 1.165) is 0 Å². The van der Waals surface area contributed by atoms with Crippen LogP contribution in [0.15, 0.2) is 29.2 Å². The van der Waals surface area contributed by atoms with Crippen molar-refractivity contribution < 1.29 is 14.7 Å². The number of nitriles is 1. The molecule has 2 atom stereocenters. The van der Waals surface area contributed by atoms with E-state index < -0.39 is 12.0 Å². The highest BCUT2D eigenvalue weighted by molar-refractivity contribution is 7.99. The number of carboxylic acids is 1. The second kappa shape index (κ2) is 6.64. The Balaban J connectivity index is 2.28. The monoisotopic (exact) mass is 304 g/mol. The van der Waals surface area contributed by atoms with Crippen LogP contribution in [0.5, 0.6) is 0 Å². The number of carbonyl (C=O) groups excluding carboxylic acids is 1. The van der Waals surface area contributed by atoms with Gasteiger partial charge in [-0.2, -0.15) is 5.26 Å². The SMILES string of the molecule is CC1CCN(C(=O)c2ccccc2SCC#N)C1C(=O)O. The standard InChI is InChI=1S/C15H16N2O3S/c1-10-6-8-17(13(10)15(19)20)14(18)11-4-2-3-5-12(11)21-9-7-16/h2-5,10,13H,6,8-9H2,1H3,(H,19,20). The molecule has 0 bridgehead atoms. The zero-order valence-electron chi connectivity index (χ0n) is 11.7. The quantitative estimate of drug-likeness (QED) is 0.863. The maximum Gasteiger partial charge on any atom is 0.326 e. The molecule has 1 fully saturated rings. The van der Waals surface area contributed by atoms with Gasteiger partial charge >= 0.3 is 5.97 Å². The molecule has 1 aromatic carbocycles. The van der Waals surface area contributed by atoms with Gasteiger partial charge in [-0.05, 0) is 24.5 Å². The van der Waals surface area contributed by atoms with Gasteiger partial charge in [-0.1, -0.05) is 19.1 Å². The number of hydrogen-bond donors (Lipinski definition) is 1. The molecule has 1 saturated heterocycles. The van der Waals surface area contributed by atoms with Gasteiger partial charge in [-0.15, -0.1) is 11.8 Å². The molecule has 1 heterocycles. The van der Waals surface area contributed by atoms with Crippen molar-refractivity contribution in [3.63, 3.8) is 0 Å². The summed E-state index contributed by atoms with van der Waals surface area (Å²) in [5, 5.41) is 18.0. The number of carboxylic acid groups (broad SMARTS) is 1. The number of aliphatic carboxylic acids is 1. The molecule has 0 aliphatic carbocycles. The van der Waals surface area contributed by atoms with Gasteiger partial charge in [0, 0.05) is 11.4 Å². The third-order valence-electron chi connectivity index (χ3n) is 3.62. The molecular weight excluding hydrogens is 288 g/mol. The van der Waals surface area contributed by atoms with Gasteiger partial charge in [0.25, 0.3) is 5.91 Å². The normalized spacial score (nSPS) is 21.0. The highest BCUT2D eigenvalue weighted by atomic mass is 32.2. The molecule has 1 aromatic rings. The Morgan fingerprint density at radius 2 is 2.19 bits per heavy atom. The van der Waals surface area contributed by atoms with Crippen LogP contribution in [-0.2, 0) is 4.79 Å². The molecule has 5 nitrogen and oxygen atoms in total. The van der Waals surface area contributed by atoms with E-state index in [1.165, 1.54) is 16.7 Å². The Kier molecular flexibility index (Phi) is 4.86. The van der Waals surface area contributed by atoms with Crippen molar-refractivity contribution >= 4 is 23.6 Å². The fourth-order valence-corrected chi connectivity index (χ4v) is 3.29. The molecule has 1 aliphatic heterocycles. The van der Waals surface area contributed by atoms with E-state index in [2.05, 4.69) is 0 Å². The predicted molar refractivity (Wildman–Crippen MR) is 79.0 cm³/mol. The lowest BCUT2D eigenvalue weighted by Crippen LogP contribution is -2.42. The first-order chi connectivity index (χ1) is 10.1. The van der Waals surface area contributed by atoms with E-state index in [-0.39, 0.29) is 17.6 Å². The molecule has 2 unspecified atom stereocenters. The van der Waals surface area contributed by atoms with Crippen LogP contribution in [0.2, 0.25) is 0 Å². The number of hydrogen-bond acceptors (Lipinski definition) is 4. The van der Waals surface area contributed by atoms with Crippen molar-refractivity contribution in [2.45, 2.75) is 24.3 Å². The lowest BCUT2D eigenvalue weighted by atomic mass is 10.0. The average molecular weight is 304 g/mol. The second-order valence-corrected chi connectivity index (χ2v) is 6.01. The molecule has 21 heavy (non-hydrogen) atoms. The molecule has 0 aromatic heterocycles. The molecule has 0 spiro atoms. The van der Waals surface area contributed by atoms with Crippen molar-refractivity contribution in [1.82, 2.24) is 4.90 Å². The summed E-state index contributed by atoms with van der Waals surface area (Å²) >= 11 is 1.29. The van der Waals surface area contributed by atoms with E-state index in [1.54, 1.807) is 24.3 Å². The number of carbonyl (C=O) groups is 2. The molecular formula is C15H16N2O3S. The zero-order chi connectivity index (χ0) is 15.4. The summed E-state index contributed by atoms with van der Waals surface area (Å²) in [5.74, 6) is -1.03. The van der Waals surface area contributed by atoms with Gasteiger partial charge in [0.1, 0.15) is 6.04 Å². The number of likely N-dealkylation sites (tertiary alicyclic amines) is 1. The smallest absolute Gasteiger partial charge is 0.326 e. The van der Waals surface area contributed by atoms with Crippen LogP contribution >= 0.6 is 11.8 Å². The van der Waals surface area contributed by atoms with Crippen LogP contribution in [-0.4, -0.2) is 40.2 Å². The summed E-state index contributed by atoms with van der Waals surface area (Å²) < 4.78 is 0. The molecule has 2 rings (SSSR count). The topological polar surface area (TPSA) is 81.4 Å². The van der Waals surface area contributed by atoms with Crippen molar-refractivity contribution in [2.75, 3.05) is 12.3 Å². The Bertz CT molecular complexity index is 597. The van der Waals surface area contributed by atoms with Crippen LogP contribution < -0.4 is 0 Å². The summed E-state index contributed by atoms with van der Waals surface area (Å²) in [7, 11) is 0. The Hall–Kier alpha value is -2.00. The summed E-state index contributed by atoms with van der Waals surface area (Å²) in [6.45, 7) is 2.30. The average Bonchev–Trinajstić information content (AvgIpc) is 2.86. The van der Waals surface area contributed by atoms with Crippen LogP contribution in [0.4, 0.5) is 0 Å². The first kappa shape index (κ1) is 15.4. The van der Waals surface area contributed by atoms with Crippen molar-refractivity contribution in [2.24, 2.45) is 5.92 Å². The van der Waals surface area contributed by atoms with Crippen LogP contribution in [0, 0.1) is 17.2 Å². The largest absolute Gasteiger partial charge is 0.480 e. The maximum atomic E-state index is 12.7. The number of benzene rings is 1. The van der Waals surface area contributed by atoms with Crippen molar-refractivity contribution in [3.8, 4) is 6.07 Å². The van der Waals surface area contributed by atoms with E-state index in [1.807, 2.05) is 13.0 Å². The third-order valence-corrected chi connectivity index (χ3v) is 4.56. The third kappa shape index (κ3) is 3.19. The van der Waals surface area contributed by atoms with Crippen LogP contribution in [0.1, 0.15) is 23.7 Å². The van der Waals surface area contributed by atoms with Gasteiger partial charge < -0.3 is 10.0 Å². The lowest BCUT2D eigenvalue weighted by Gasteiger charge is -2.24. The van der Waals surface area contributed by atoms with E-state index in [9.17, 15) is 14.7 Å². The van der Waals surface area contributed by atoms with Gasteiger partial charge in [0.2, 0.25) is 0 Å². The minimum atomic E-state index is -0.962. The molecule has 0 saturated carbocycles. The number of rotatable bonds is 4. The summed E-state index contributed by atoms with van der Waals surface area (Å²) in [4.78, 5) is 26.2. The van der Waals surface area contributed by atoms with Gasteiger partial charge in [0.05, 0.1) is 17.4 Å². The number of amides is 1. The molecule has 110 valence electrons. The van der Waals surface area contributed by atoms with E-state index in [0.29, 0.717) is 23.4 Å². The Morgan fingerprint density at radius 3 is 2.86 bits per heavy atom.